The number of pyridine rings is 1. The number of ether oxygens (including phenoxy) is 2. The summed E-state index contributed by atoms with van der Waals surface area (Å²) in [7, 11) is 3.06. The van der Waals surface area contributed by atoms with E-state index in [1.165, 1.54) is 26.4 Å². The second-order valence-corrected chi connectivity index (χ2v) is 4.15. The van der Waals surface area contributed by atoms with E-state index < -0.39 is 5.82 Å². The van der Waals surface area contributed by atoms with Crippen LogP contribution in [-0.2, 0) is 6.54 Å². The fraction of sp³-hybridized carbons (Fsp3) is 0.200. The van der Waals surface area contributed by atoms with Crippen LogP contribution in [0, 0.1) is 17.1 Å². The van der Waals surface area contributed by atoms with Gasteiger partial charge in [0.05, 0.1) is 38.1 Å². The maximum Gasteiger partial charge on any atom is 0.184 e. The van der Waals surface area contributed by atoms with E-state index in [9.17, 15) is 4.39 Å². The molecule has 1 aromatic heterocycles. The summed E-state index contributed by atoms with van der Waals surface area (Å²) < 4.78 is 24.2. The second kappa shape index (κ2) is 6.57. The zero-order valence-electron chi connectivity index (χ0n) is 11.7. The third-order valence-corrected chi connectivity index (χ3v) is 2.91. The van der Waals surface area contributed by atoms with Crippen molar-refractivity contribution in [3.63, 3.8) is 0 Å². The lowest BCUT2D eigenvalue weighted by Gasteiger charge is -2.13. The Bertz CT molecular complexity index is 683. The largest absolute Gasteiger partial charge is 0.493 e. The number of hydrogen-bond acceptors (Lipinski definition) is 5. The molecule has 0 bridgehead atoms. The van der Waals surface area contributed by atoms with Crippen LogP contribution in [0.3, 0.4) is 0 Å². The fourth-order valence-electron chi connectivity index (χ4n) is 1.88. The van der Waals surface area contributed by atoms with E-state index in [1.54, 1.807) is 18.3 Å². The molecule has 0 saturated carbocycles. The van der Waals surface area contributed by atoms with E-state index in [0.29, 0.717) is 22.9 Å². The summed E-state index contributed by atoms with van der Waals surface area (Å²) in [6.07, 6.45) is 1.59. The number of nitrogens with zero attached hydrogens (tertiary/aromatic N) is 2. The van der Waals surface area contributed by atoms with Crippen LogP contribution < -0.4 is 14.8 Å². The van der Waals surface area contributed by atoms with Gasteiger partial charge in [-0.3, -0.25) is 4.98 Å². The number of nitrogens with one attached hydrogen (secondary N) is 1. The third-order valence-electron chi connectivity index (χ3n) is 2.91. The lowest BCUT2D eigenvalue weighted by Crippen LogP contribution is -2.06. The Morgan fingerprint density at radius 3 is 2.71 bits per heavy atom. The van der Waals surface area contributed by atoms with E-state index in [-0.39, 0.29) is 12.1 Å². The van der Waals surface area contributed by atoms with E-state index >= 15 is 0 Å². The van der Waals surface area contributed by atoms with Crippen LogP contribution >= 0.6 is 0 Å². The third kappa shape index (κ3) is 3.20. The first-order chi connectivity index (χ1) is 10.2. The average molecular weight is 287 g/mol. The van der Waals surface area contributed by atoms with Crippen molar-refractivity contribution in [1.29, 1.82) is 5.26 Å². The topological polar surface area (TPSA) is 67.2 Å². The van der Waals surface area contributed by atoms with Gasteiger partial charge in [-0.25, -0.2) is 4.39 Å². The van der Waals surface area contributed by atoms with E-state index in [1.807, 2.05) is 6.07 Å². The lowest BCUT2D eigenvalue weighted by atomic mass is 10.2. The van der Waals surface area contributed by atoms with Crippen molar-refractivity contribution in [2.75, 3.05) is 19.5 Å². The van der Waals surface area contributed by atoms with Crippen LogP contribution in [-0.4, -0.2) is 19.2 Å². The quantitative estimate of drug-likeness (QED) is 0.915. The highest BCUT2D eigenvalue weighted by Gasteiger charge is 2.11. The van der Waals surface area contributed by atoms with Crippen LogP contribution in [0.2, 0.25) is 0 Å². The molecule has 2 rings (SSSR count). The van der Waals surface area contributed by atoms with E-state index in [0.717, 1.165) is 0 Å². The Morgan fingerprint density at radius 1 is 1.29 bits per heavy atom. The molecule has 0 atom stereocenters. The predicted molar refractivity (Wildman–Crippen MR) is 75.8 cm³/mol. The molecule has 21 heavy (non-hydrogen) atoms. The highest BCUT2D eigenvalue weighted by molar-refractivity contribution is 5.50. The molecule has 2 aromatic rings. The summed E-state index contributed by atoms with van der Waals surface area (Å²) in [5, 5.41) is 11.6. The average Bonchev–Trinajstić information content (AvgIpc) is 2.52. The van der Waals surface area contributed by atoms with Crippen molar-refractivity contribution >= 4 is 5.69 Å². The number of aromatic nitrogens is 1. The molecule has 0 radical (unpaired) electrons. The standard InChI is InChI=1S/C15H14FN3O2/c1-20-14-5-6-18-13(15(14)21-2)9-19-12-4-3-10(8-17)7-11(12)16/h3-7,19H,9H2,1-2H3. The number of benzene rings is 1. The minimum atomic E-state index is -0.490. The maximum atomic E-state index is 13.8. The zero-order chi connectivity index (χ0) is 15.2. The van der Waals surface area contributed by atoms with Gasteiger partial charge in [-0.05, 0) is 18.2 Å². The molecule has 6 heteroatoms. The number of hydrogen-bond donors (Lipinski definition) is 1. The molecule has 0 aliphatic carbocycles. The highest BCUT2D eigenvalue weighted by atomic mass is 19.1. The van der Waals surface area contributed by atoms with Gasteiger partial charge < -0.3 is 14.8 Å². The SMILES string of the molecule is COc1ccnc(CNc2ccc(C#N)cc2F)c1OC. The summed E-state index contributed by atoms with van der Waals surface area (Å²) in [6, 6.07) is 7.81. The number of methoxy groups -OCH3 is 2. The zero-order valence-corrected chi connectivity index (χ0v) is 11.7. The van der Waals surface area contributed by atoms with Gasteiger partial charge in [0.15, 0.2) is 11.5 Å². The first kappa shape index (κ1) is 14.6. The smallest absolute Gasteiger partial charge is 0.184 e. The molecule has 1 aromatic carbocycles. The molecule has 0 saturated heterocycles. The highest BCUT2D eigenvalue weighted by Crippen LogP contribution is 2.29. The second-order valence-electron chi connectivity index (χ2n) is 4.15. The van der Waals surface area contributed by atoms with Crippen LogP contribution in [0.15, 0.2) is 30.5 Å². The minimum absolute atomic E-state index is 0.267. The summed E-state index contributed by atoms with van der Waals surface area (Å²) in [5.41, 5.74) is 1.16. The van der Waals surface area contributed by atoms with E-state index in [4.69, 9.17) is 14.7 Å². The van der Waals surface area contributed by atoms with Crippen LogP contribution in [0.1, 0.15) is 11.3 Å². The first-order valence-corrected chi connectivity index (χ1v) is 6.19. The molecule has 0 aliphatic rings. The molecular weight excluding hydrogens is 273 g/mol. The maximum absolute atomic E-state index is 13.8. The lowest BCUT2D eigenvalue weighted by molar-refractivity contribution is 0.350. The molecule has 0 unspecified atom stereocenters. The Morgan fingerprint density at radius 2 is 2.10 bits per heavy atom. The van der Waals surface area contributed by atoms with Gasteiger partial charge in [0.1, 0.15) is 11.5 Å². The van der Waals surface area contributed by atoms with Gasteiger partial charge in [0, 0.05) is 12.3 Å². The molecular formula is C15H14FN3O2. The molecule has 1 N–H and O–H groups in total. The Hall–Kier alpha value is -2.81. The van der Waals surface area contributed by atoms with Gasteiger partial charge in [0.2, 0.25) is 0 Å². The Labute approximate surface area is 122 Å². The summed E-state index contributed by atoms with van der Waals surface area (Å²) >= 11 is 0. The predicted octanol–water partition coefficient (Wildman–Crippen LogP) is 2.72. The van der Waals surface area contributed by atoms with Crippen molar-refractivity contribution in [3.05, 3.63) is 47.5 Å². The van der Waals surface area contributed by atoms with Crippen molar-refractivity contribution in [2.45, 2.75) is 6.54 Å². The van der Waals surface area contributed by atoms with Gasteiger partial charge in [0.25, 0.3) is 0 Å². The number of nitriles is 1. The summed E-state index contributed by atoms with van der Waals surface area (Å²) in [4.78, 5) is 4.19. The van der Waals surface area contributed by atoms with Crippen LogP contribution in [0.5, 0.6) is 11.5 Å². The Kier molecular flexibility index (Phi) is 4.57. The molecule has 0 amide bonds. The van der Waals surface area contributed by atoms with Crippen molar-refractivity contribution < 1.29 is 13.9 Å². The van der Waals surface area contributed by atoms with Crippen molar-refractivity contribution in [3.8, 4) is 17.6 Å². The molecule has 1 heterocycles. The van der Waals surface area contributed by atoms with Crippen molar-refractivity contribution in [1.82, 2.24) is 4.98 Å². The number of rotatable bonds is 5. The van der Waals surface area contributed by atoms with Crippen LogP contribution in [0.4, 0.5) is 10.1 Å². The number of halogens is 1. The molecule has 0 aliphatic heterocycles. The normalized spacial score (nSPS) is 9.81. The molecule has 108 valence electrons. The van der Waals surface area contributed by atoms with Gasteiger partial charge in [-0.15, -0.1) is 0 Å². The van der Waals surface area contributed by atoms with Crippen molar-refractivity contribution in [2.24, 2.45) is 0 Å². The molecule has 0 spiro atoms. The van der Waals surface area contributed by atoms with Crippen LogP contribution in [0.25, 0.3) is 0 Å². The molecule has 5 nitrogen and oxygen atoms in total. The summed E-state index contributed by atoms with van der Waals surface area (Å²) in [5.74, 6) is 0.571. The minimum Gasteiger partial charge on any atom is -0.493 e. The van der Waals surface area contributed by atoms with E-state index in [2.05, 4.69) is 10.3 Å². The fourth-order valence-corrected chi connectivity index (χ4v) is 1.88. The summed E-state index contributed by atoms with van der Waals surface area (Å²) in [6.45, 7) is 0.267. The van der Waals surface area contributed by atoms with Gasteiger partial charge in [-0.2, -0.15) is 5.26 Å². The number of anilines is 1. The van der Waals surface area contributed by atoms with Gasteiger partial charge in [-0.1, -0.05) is 0 Å². The molecule has 0 fully saturated rings. The van der Waals surface area contributed by atoms with Gasteiger partial charge >= 0.3 is 0 Å². The first-order valence-electron chi connectivity index (χ1n) is 6.19. The monoisotopic (exact) mass is 287 g/mol. The Balaban J connectivity index is 2.19.